The van der Waals surface area contributed by atoms with Gasteiger partial charge in [0.05, 0.1) is 4.90 Å². The van der Waals surface area contributed by atoms with Crippen LogP contribution in [-0.4, -0.2) is 21.0 Å². The zero-order valence-electron chi connectivity index (χ0n) is 13.7. The molecule has 0 spiro atoms. The lowest BCUT2D eigenvalue weighted by Crippen LogP contribution is -2.33. The van der Waals surface area contributed by atoms with Gasteiger partial charge in [0.2, 0.25) is 10.0 Å². The second kappa shape index (κ2) is 7.38. The molecule has 5 heteroatoms. The van der Waals surface area contributed by atoms with E-state index in [-0.39, 0.29) is 5.41 Å². The maximum Gasteiger partial charge on any atom is 0.240 e. The molecule has 0 aliphatic carbocycles. The quantitative estimate of drug-likeness (QED) is 0.776. The fourth-order valence-corrected chi connectivity index (χ4v) is 2.95. The average molecular weight is 312 g/mol. The van der Waals surface area contributed by atoms with Crippen LogP contribution >= 0.6 is 0 Å². The molecule has 1 aromatic carbocycles. The molecule has 0 atom stereocenters. The van der Waals surface area contributed by atoms with Crippen LogP contribution in [0.2, 0.25) is 0 Å². The fourth-order valence-electron chi connectivity index (χ4n) is 1.64. The van der Waals surface area contributed by atoms with Gasteiger partial charge in [-0.05, 0) is 29.5 Å². The molecule has 120 valence electrons. The van der Waals surface area contributed by atoms with E-state index in [1.807, 2.05) is 6.07 Å². The van der Waals surface area contributed by atoms with Crippen LogP contribution in [0.15, 0.2) is 29.2 Å². The summed E-state index contributed by atoms with van der Waals surface area (Å²) >= 11 is 0. The normalized spacial score (nSPS) is 12.9. The van der Waals surface area contributed by atoms with Gasteiger partial charge in [0.15, 0.2) is 0 Å². The van der Waals surface area contributed by atoms with E-state index >= 15 is 0 Å². The van der Waals surface area contributed by atoms with E-state index in [1.165, 1.54) is 0 Å². The monoisotopic (exact) mass is 312 g/mol. The predicted octanol–water partition coefficient (Wildman–Crippen LogP) is 2.90. The molecular weight excluding hydrogens is 284 g/mol. The molecule has 0 aromatic heterocycles. The van der Waals surface area contributed by atoms with Gasteiger partial charge < -0.3 is 5.32 Å². The highest BCUT2D eigenvalue weighted by molar-refractivity contribution is 7.89. The van der Waals surface area contributed by atoms with Crippen molar-refractivity contribution < 1.29 is 8.42 Å². The molecule has 0 amide bonds. The Bertz CT molecular complexity index is 551. The first-order valence-corrected chi connectivity index (χ1v) is 8.96. The second-order valence-electron chi connectivity index (χ2n) is 6.53. The van der Waals surface area contributed by atoms with Gasteiger partial charge in [0.1, 0.15) is 0 Å². The van der Waals surface area contributed by atoms with E-state index in [2.05, 4.69) is 44.7 Å². The molecule has 0 saturated carbocycles. The van der Waals surface area contributed by atoms with E-state index < -0.39 is 10.0 Å². The summed E-state index contributed by atoms with van der Waals surface area (Å²) in [6, 6.07) is 7.46. The van der Waals surface area contributed by atoms with Crippen molar-refractivity contribution in [1.82, 2.24) is 10.0 Å². The first-order valence-electron chi connectivity index (χ1n) is 7.48. The molecule has 21 heavy (non-hydrogen) atoms. The standard InChI is InChI=1S/C16H28N2O2S/c1-6-16(4,5)12-18-21(19,20)15-9-7-8-14(10-15)11-17-13(2)3/h7-10,13,17-18H,6,11-12H2,1-5H3. The van der Waals surface area contributed by atoms with Gasteiger partial charge in [0, 0.05) is 19.1 Å². The van der Waals surface area contributed by atoms with Crippen LogP contribution in [0.4, 0.5) is 0 Å². The Morgan fingerprint density at radius 2 is 1.90 bits per heavy atom. The summed E-state index contributed by atoms with van der Waals surface area (Å²) in [6.45, 7) is 11.4. The van der Waals surface area contributed by atoms with Crippen molar-refractivity contribution in [2.45, 2.75) is 58.5 Å². The van der Waals surface area contributed by atoms with Crippen LogP contribution < -0.4 is 10.0 Å². The molecule has 0 heterocycles. The van der Waals surface area contributed by atoms with Crippen LogP contribution in [-0.2, 0) is 16.6 Å². The van der Waals surface area contributed by atoms with Crippen LogP contribution in [0.1, 0.15) is 46.6 Å². The molecule has 2 N–H and O–H groups in total. The molecule has 1 aromatic rings. The van der Waals surface area contributed by atoms with Gasteiger partial charge in [-0.3, -0.25) is 0 Å². The SMILES string of the molecule is CCC(C)(C)CNS(=O)(=O)c1cccc(CNC(C)C)c1. The lowest BCUT2D eigenvalue weighted by molar-refractivity contribution is 0.350. The smallest absolute Gasteiger partial charge is 0.240 e. The molecule has 0 saturated heterocycles. The molecule has 0 fully saturated rings. The van der Waals surface area contributed by atoms with Crippen LogP contribution in [0, 0.1) is 5.41 Å². The first-order chi connectivity index (χ1) is 9.66. The number of benzene rings is 1. The van der Waals surface area contributed by atoms with Crippen molar-refractivity contribution in [3.63, 3.8) is 0 Å². The molecule has 1 rings (SSSR count). The lowest BCUT2D eigenvalue weighted by Gasteiger charge is -2.22. The lowest BCUT2D eigenvalue weighted by atomic mass is 9.91. The summed E-state index contributed by atoms with van der Waals surface area (Å²) in [4.78, 5) is 0.331. The number of hydrogen-bond acceptors (Lipinski definition) is 3. The third kappa shape index (κ3) is 6.16. The minimum atomic E-state index is -3.44. The highest BCUT2D eigenvalue weighted by Gasteiger charge is 2.20. The largest absolute Gasteiger partial charge is 0.310 e. The third-order valence-corrected chi connectivity index (χ3v) is 5.02. The summed E-state index contributed by atoms with van der Waals surface area (Å²) in [5.74, 6) is 0. The van der Waals surface area contributed by atoms with Gasteiger partial charge in [-0.25, -0.2) is 13.1 Å². The van der Waals surface area contributed by atoms with E-state index in [0.717, 1.165) is 12.0 Å². The topological polar surface area (TPSA) is 58.2 Å². The summed E-state index contributed by atoms with van der Waals surface area (Å²) in [6.07, 6.45) is 0.924. The minimum absolute atomic E-state index is 0.0378. The van der Waals surface area contributed by atoms with Crippen LogP contribution in [0.3, 0.4) is 0 Å². The highest BCUT2D eigenvalue weighted by atomic mass is 32.2. The zero-order chi connectivity index (χ0) is 16.1. The van der Waals surface area contributed by atoms with Gasteiger partial charge in [-0.1, -0.05) is 46.8 Å². The Kier molecular flexibility index (Phi) is 6.38. The number of sulfonamides is 1. The Labute approximate surface area is 129 Å². The van der Waals surface area contributed by atoms with Crippen molar-refractivity contribution in [2.75, 3.05) is 6.54 Å². The predicted molar refractivity (Wildman–Crippen MR) is 87.7 cm³/mol. The van der Waals surface area contributed by atoms with Gasteiger partial charge in [-0.15, -0.1) is 0 Å². The maximum atomic E-state index is 12.4. The Hall–Kier alpha value is -0.910. The summed E-state index contributed by atoms with van der Waals surface area (Å²) in [5, 5.41) is 3.29. The summed E-state index contributed by atoms with van der Waals surface area (Å²) < 4.78 is 27.4. The van der Waals surface area contributed by atoms with E-state index in [9.17, 15) is 8.42 Å². The fraction of sp³-hybridized carbons (Fsp3) is 0.625. The zero-order valence-corrected chi connectivity index (χ0v) is 14.5. The van der Waals surface area contributed by atoms with Crippen LogP contribution in [0.5, 0.6) is 0 Å². The van der Waals surface area contributed by atoms with E-state index in [1.54, 1.807) is 18.2 Å². The molecule has 0 aliphatic rings. The van der Waals surface area contributed by atoms with E-state index in [0.29, 0.717) is 24.0 Å². The highest BCUT2D eigenvalue weighted by Crippen LogP contribution is 2.19. The van der Waals surface area contributed by atoms with Crippen molar-refractivity contribution in [3.8, 4) is 0 Å². The third-order valence-electron chi connectivity index (χ3n) is 3.62. The first kappa shape index (κ1) is 18.1. The average Bonchev–Trinajstić information content (AvgIpc) is 2.44. The number of hydrogen-bond donors (Lipinski definition) is 2. The van der Waals surface area contributed by atoms with Crippen molar-refractivity contribution >= 4 is 10.0 Å². The van der Waals surface area contributed by atoms with Crippen molar-refractivity contribution in [1.29, 1.82) is 0 Å². The van der Waals surface area contributed by atoms with Crippen molar-refractivity contribution in [2.24, 2.45) is 5.41 Å². The van der Waals surface area contributed by atoms with E-state index in [4.69, 9.17) is 0 Å². The van der Waals surface area contributed by atoms with Crippen LogP contribution in [0.25, 0.3) is 0 Å². The second-order valence-corrected chi connectivity index (χ2v) is 8.29. The molecule has 0 aliphatic heterocycles. The summed E-state index contributed by atoms with van der Waals surface area (Å²) in [5.41, 5.74) is 0.936. The maximum absolute atomic E-state index is 12.4. The number of nitrogens with one attached hydrogen (secondary N) is 2. The van der Waals surface area contributed by atoms with Gasteiger partial charge >= 0.3 is 0 Å². The Morgan fingerprint density at radius 3 is 2.48 bits per heavy atom. The molecule has 0 radical (unpaired) electrons. The van der Waals surface area contributed by atoms with Crippen molar-refractivity contribution in [3.05, 3.63) is 29.8 Å². The number of rotatable bonds is 8. The Balaban J connectivity index is 2.81. The van der Waals surface area contributed by atoms with Gasteiger partial charge in [0.25, 0.3) is 0 Å². The molecule has 0 bridgehead atoms. The summed E-state index contributed by atoms with van der Waals surface area (Å²) in [7, 11) is -3.44. The molecular formula is C16H28N2O2S. The molecule has 4 nitrogen and oxygen atoms in total. The van der Waals surface area contributed by atoms with Gasteiger partial charge in [-0.2, -0.15) is 0 Å². The molecule has 0 unspecified atom stereocenters. The Morgan fingerprint density at radius 1 is 1.24 bits per heavy atom. The minimum Gasteiger partial charge on any atom is -0.310 e.